The topological polar surface area (TPSA) is 117 Å². The highest BCUT2D eigenvalue weighted by molar-refractivity contribution is 5.91. The molecule has 0 spiro atoms. The van der Waals surface area contributed by atoms with Crippen LogP contribution in [0.25, 0.3) is 16.8 Å². The number of rotatable bonds is 10. The van der Waals surface area contributed by atoms with Crippen molar-refractivity contribution in [2.75, 3.05) is 7.05 Å². The van der Waals surface area contributed by atoms with Gasteiger partial charge in [0.25, 0.3) is 0 Å². The molecule has 43 heavy (non-hydrogen) atoms. The fraction of sp³-hybridized carbons (Fsp3) is 0.257. The summed E-state index contributed by atoms with van der Waals surface area (Å²) in [4.78, 5) is 29.8. The summed E-state index contributed by atoms with van der Waals surface area (Å²) in [5.74, 6) is -1.81. The van der Waals surface area contributed by atoms with E-state index in [0.717, 1.165) is 22.4 Å². The van der Waals surface area contributed by atoms with Crippen LogP contribution in [0.2, 0.25) is 0 Å². The molecule has 220 valence electrons. The van der Waals surface area contributed by atoms with E-state index in [9.17, 15) is 14.7 Å². The Labute approximate surface area is 252 Å². The third-order valence-corrected chi connectivity index (χ3v) is 7.11. The Morgan fingerprint density at radius 1 is 0.977 bits per heavy atom. The van der Waals surface area contributed by atoms with Gasteiger partial charge < -0.3 is 19.7 Å². The third kappa shape index (κ3) is 7.98. The standard InChI is InChI=1S/C35H36N4O4/c1-35(2,3)32(33(42)37-4)38-34(43-23-25-8-6-5-7-9-25)30(20-31(40)41)28-18-19-39(22-28)29-16-14-27(15-17-29)26-12-10-24(21-36)11-13-26/h5-19,22,30,32H,20,23H2,1-4H3,(H,37,42)(H,40,41)/t30-,32+/m0/s1. The fourth-order valence-electron chi connectivity index (χ4n) is 4.73. The molecule has 8 heteroatoms. The number of hydrogen-bond donors (Lipinski definition) is 2. The first kappa shape index (κ1) is 30.8. The molecule has 0 aliphatic carbocycles. The fourth-order valence-corrected chi connectivity index (χ4v) is 4.73. The van der Waals surface area contributed by atoms with Crippen molar-refractivity contribution in [2.24, 2.45) is 10.4 Å². The van der Waals surface area contributed by atoms with Crippen LogP contribution in [-0.4, -0.2) is 40.5 Å². The number of carboxylic acid groups (broad SMARTS) is 1. The van der Waals surface area contributed by atoms with Gasteiger partial charge in [-0.3, -0.25) is 9.59 Å². The summed E-state index contributed by atoms with van der Waals surface area (Å²) in [5.41, 5.74) is 4.57. The van der Waals surface area contributed by atoms with Crippen LogP contribution < -0.4 is 5.32 Å². The number of aliphatic imine (C=N–C) groups is 1. The highest BCUT2D eigenvalue weighted by Gasteiger charge is 2.34. The zero-order valence-corrected chi connectivity index (χ0v) is 24.8. The molecule has 0 aliphatic rings. The van der Waals surface area contributed by atoms with Crippen LogP contribution in [0.4, 0.5) is 0 Å². The monoisotopic (exact) mass is 576 g/mol. The van der Waals surface area contributed by atoms with E-state index in [4.69, 9.17) is 15.0 Å². The molecule has 8 nitrogen and oxygen atoms in total. The number of carboxylic acids is 1. The number of carbonyl (C=O) groups excluding carboxylic acids is 1. The van der Waals surface area contributed by atoms with Gasteiger partial charge in [-0.1, -0.05) is 75.4 Å². The van der Waals surface area contributed by atoms with Crippen LogP contribution in [-0.2, 0) is 20.9 Å². The summed E-state index contributed by atoms with van der Waals surface area (Å²) >= 11 is 0. The lowest BCUT2D eigenvalue weighted by Crippen LogP contribution is -2.41. The highest BCUT2D eigenvalue weighted by atomic mass is 16.5. The second kappa shape index (κ2) is 13.7. The number of aliphatic carboxylic acids is 1. The molecule has 0 radical (unpaired) electrons. The van der Waals surface area contributed by atoms with Gasteiger partial charge in [0.2, 0.25) is 5.91 Å². The van der Waals surface area contributed by atoms with E-state index in [1.54, 1.807) is 19.2 Å². The largest absolute Gasteiger partial charge is 0.481 e. The normalized spacial score (nSPS) is 13.0. The van der Waals surface area contributed by atoms with Gasteiger partial charge in [-0.05, 0) is 58.0 Å². The van der Waals surface area contributed by atoms with Gasteiger partial charge in [-0.15, -0.1) is 0 Å². The van der Waals surface area contributed by atoms with Gasteiger partial charge in [-0.25, -0.2) is 4.99 Å². The number of nitriles is 1. The Bertz CT molecular complexity index is 1610. The molecule has 4 rings (SSSR count). The second-order valence-corrected chi connectivity index (χ2v) is 11.4. The van der Waals surface area contributed by atoms with Gasteiger partial charge in [-0.2, -0.15) is 5.26 Å². The number of nitrogens with zero attached hydrogens (tertiary/aromatic N) is 3. The molecule has 0 unspecified atom stereocenters. The number of nitrogens with one attached hydrogen (secondary N) is 1. The molecule has 0 saturated heterocycles. The Hall–Kier alpha value is -5.16. The zero-order chi connectivity index (χ0) is 31.0. The van der Waals surface area contributed by atoms with Gasteiger partial charge >= 0.3 is 5.97 Å². The average Bonchev–Trinajstić information content (AvgIpc) is 3.50. The van der Waals surface area contributed by atoms with Crippen molar-refractivity contribution in [3.8, 4) is 22.9 Å². The van der Waals surface area contributed by atoms with E-state index in [-0.39, 0.29) is 24.8 Å². The SMILES string of the molecule is CNC(=O)[C@@H](N=C(OCc1ccccc1)[C@@H](CC(=O)O)c1ccn(-c2ccc(-c3ccc(C#N)cc3)cc2)c1)C(C)(C)C. The number of ether oxygens (including phenoxy) is 1. The smallest absolute Gasteiger partial charge is 0.304 e. The van der Waals surface area contributed by atoms with Gasteiger partial charge in [0, 0.05) is 25.1 Å². The zero-order valence-electron chi connectivity index (χ0n) is 24.8. The van der Waals surface area contributed by atoms with Crippen molar-refractivity contribution in [1.82, 2.24) is 9.88 Å². The van der Waals surface area contributed by atoms with Crippen LogP contribution in [0.5, 0.6) is 0 Å². The minimum absolute atomic E-state index is 0.178. The number of amides is 1. The van der Waals surface area contributed by atoms with Crippen LogP contribution in [0, 0.1) is 16.7 Å². The Kier molecular flexibility index (Phi) is 9.79. The van der Waals surface area contributed by atoms with Crippen molar-refractivity contribution < 1.29 is 19.4 Å². The maximum absolute atomic E-state index is 12.9. The molecule has 2 atom stereocenters. The second-order valence-electron chi connectivity index (χ2n) is 11.4. The summed E-state index contributed by atoms with van der Waals surface area (Å²) in [6.07, 6.45) is 3.48. The summed E-state index contributed by atoms with van der Waals surface area (Å²) in [7, 11) is 1.56. The summed E-state index contributed by atoms with van der Waals surface area (Å²) in [6, 6.07) is 28.1. The summed E-state index contributed by atoms with van der Waals surface area (Å²) < 4.78 is 8.16. The molecule has 1 heterocycles. The quantitative estimate of drug-likeness (QED) is 0.169. The molecule has 0 aliphatic heterocycles. The first-order valence-corrected chi connectivity index (χ1v) is 14.1. The first-order chi connectivity index (χ1) is 20.6. The molecule has 1 aromatic heterocycles. The van der Waals surface area contributed by atoms with Crippen LogP contribution in [0.1, 0.15) is 49.8 Å². The summed E-state index contributed by atoms with van der Waals surface area (Å²) in [5, 5.41) is 21.7. The van der Waals surface area contributed by atoms with E-state index in [1.165, 1.54) is 0 Å². The van der Waals surface area contributed by atoms with Crippen LogP contribution in [0.3, 0.4) is 0 Å². The van der Waals surface area contributed by atoms with E-state index < -0.39 is 23.3 Å². The number of likely N-dealkylation sites (N-methyl/N-ethyl adjacent to an activating group) is 1. The predicted octanol–water partition coefficient (Wildman–Crippen LogP) is 6.35. The minimum Gasteiger partial charge on any atom is -0.481 e. The van der Waals surface area contributed by atoms with E-state index in [1.807, 2.05) is 111 Å². The first-order valence-electron chi connectivity index (χ1n) is 14.1. The number of benzene rings is 3. The van der Waals surface area contributed by atoms with Crippen LogP contribution >= 0.6 is 0 Å². The maximum atomic E-state index is 12.9. The number of carbonyl (C=O) groups is 2. The lowest BCUT2D eigenvalue weighted by atomic mass is 9.86. The lowest BCUT2D eigenvalue weighted by Gasteiger charge is -2.28. The molecule has 0 fully saturated rings. The average molecular weight is 577 g/mol. The molecule has 0 bridgehead atoms. The van der Waals surface area contributed by atoms with Gasteiger partial charge in [0.1, 0.15) is 12.6 Å². The summed E-state index contributed by atoms with van der Waals surface area (Å²) in [6.45, 7) is 5.91. The van der Waals surface area contributed by atoms with Crippen molar-refractivity contribution in [3.63, 3.8) is 0 Å². The Morgan fingerprint density at radius 2 is 1.60 bits per heavy atom. The van der Waals surface area contributed by atoms with E-state index in [0.29, 0.717) is 11.1 Å². The molecular weight excluding hydrogens is 540 g/mol. The van der Waals surface area contributed by atoms with Crippen molar-refractivity contribution >= 4 is 17.8 Å². The van der Waals surface area contributed by atoms with E-state index in [2.05, 4.69) is 11.4 Å². The maximum Gasteiger partial charge on any atom is 0.304 e. The lowest BCUT2D eigenvalue weighted by molar-refractivity contribution is -0.137. The van der Waals surface area contributed by atoms with Gasteiger partial charge in [0.15, 0.2) is 5.90 Å². The predicted molar refractivity (Wildman–Crippen MR) is 167 cm³/mol. The van der Waals surface area contributed by atoms with Crippen molar-refractivity contribution in [3.05, 3.63) is 114 Å². The third-order valence-electron chi connectivity index (χ3n) is 7.11. The van der Waals surface area contributed by atoms with Crippen molar-refractivity contribution in [1.29, 1.82) is 5.26 Å². The number of aromatic nitrogens is 1. The van der Waals surface area contributed by atoms with E-state index >= 15 is 0 Å². The highest BCUT2D eigenvalue weighted by Crippen LogP contribution is 2.30. The Morgan fingerprint density at radius 3 is 2.16 bits per heavy atom. The van der Waals surface area contributed by atoms with Crippen LogP contribution in [0.15, 0.2) is 102 Å². The molecular formula is C35H36N4O4. The molecule has 2 N–H and O–H groups in total. The Balaban J connectivity index is 1.69. The van der Waals surface area contributed by atoms with Gasteiger partial charge in [0.05, 0.1) is 24.0 Å². The number of hydrogen-bond acceptors (Lipinski definition) is 5. The molecule has 0 saturated carbocycles. The van der Waals surface area contributed by atoms with Crippen molar-refractivity contribution in [2.45, 2.75) is 45.8 Å². The molecule has 4 aromatic rings. The molecule has 3 aromatic carbocycles. The minimum atomic E-state index is -1.01. The molecule has 1 amide bonds.